The van der Waals surface area contributed by atoms with Gasteiger partial charge < -0.3 is 4.90 Å². The largest absolute Gasteiger partial charge is 0.303 e. The van der Waals surface area contributed by atoms with E-state index in [1.807, 2.05) is 0 Å². The van der Waals surface area contributed by atoms with Gasteiger partial charge in [0.25, 0.3) is 0 Å². The topological polar surface area (TPSA) is 3.24 Å². The summed E-state index contributed by atoms with van der Waals surface area (Å²) in [7, 11) is 0. The molecule has 0 aromatic rings. The highest BCUT2D eigenvalue weighted by Gasteiger charge is 2.12. The molecular weight excluding hydrogens is 302 g/mol. The third-order valence-electron chi connectivity index (χ3n) is 5.64. The molecule has 152 valence electrons. The highest BCUT2D eigenvalue weighted by molar-refractivity contribution is 4.66. The van der Waals surface area contributed by atoms with E-state index >= 15 is 0 Å². The van der Waals surface area contributed by atoms with E-state index in [1.54, 1.807) is 0 Å². The Bertz CT molecular complexity index is 248. The maximum absolute atomic E-state index is 2.82. The quantitative estimate of drug-likeness (QED) is 0.212. The Hall–Kier alpha value is -0.0400. The van der Waals surface area contributed by atoms with Gasteiger partial charge in [-0.2, -0.15) is 0 Å². The number of nitrogens with zero attached hydrogens (tertiary/aromatic N) is 1. The molecule has 0 saturated heterocycles. The maximum Gasteiger partial charge on any atom is 0.000955 e. The number of hydrogen-bond donors (Lipinski definition) is 0. The van der Waals surface area contributed by atoms with Crippen molar-refractivity contribution < 1.29 is 0 Å². The van der Waals surface area contributed by atoms with E-state index in [9.17, 15) is 0 Å². The molecule has 0 aliphatic carbocycles. The third kappa shape index (κ3) is 17.1. The minimum atomic E-state index is 0.873. The maximum atomic E-state index is 2.82. The monoisotopic (exact) mass is 353 g/mol. The third-order valence-corrected chi connectivity index (χ3v) is 5.64. The lowest BCUT2D eigenvalue weighted by molar-refractivity contribution is 0.210. The summed E-state index contributed by atoms with van der Waals surface area (Å²) >= 11 is 0. The lowest BCUT2D eigenvalue weighted by Gasteiger charge is -2.27. The van der Waals surface area contributed by atoms with Gasteiger partial charge in [0.15, 0.2) is 0 Å². The van der Waals surface area contributed by atoms with Gasteiger partial charge in [-0.15, -0.1) is 0 Å². The van der Waals surface area contributed by atoms with Crippen LogP contribution in [0.2, 0.25) is 0 Å². The van der Waals surface area contributed by atoms with Gasteiger partial charge >= 0.3 is 0 Å². The molecule has 1 atom stereocenters. The molecule has 1 nitrogen and oxygen atoms in total. The summed E-state index contributed by atoms with van der Waals surface area (Å²) < 4.78 is 0. The van der Waals surface area contributed by atoms with Crippen LogP contribution in [0.4, 0.5) is 0 Å². The first-order valence-corrected chi connectivity index (χ1v) is 11.9. The molecule has 0 bridgehead atoms. The van der Waals surface area contributed by atoms with Crippen LogP contribution in [0.5, 0.6) is 0 Å². The van der Waals surface area contributed by atoms with Gasteiger partial charge in [-0.1, -0.05) is 105 Å². The number of hydrogen-bond acceptors (Lipinski definition) is 1. The predicted octanol–water partition coefficient (Wildman–Crippen LogP) is 8.08. The minimum absolute atomic E-state index is 0.873. The van der Waals surface area contributed by atoms with Crippen molar-refractivity contribution in [3.63, 3.8) is 0 Å². The van der Waals surface area contributed by atoms with Crippen LogP contribution >= 0.6 is 0 Å². The Balaban J connectivity index is 4.10. The Morgan fingerprint density at radius 1 is 0.600 bits per heavy atom. The van der Waals surface area contributed by atoms with Crippen LogP contribution in [0.3, 0.4) is 0 Å². The van der Waals surface area contributed by atoms with Crippen molar-refractivity contribution in [3.8, 4) is 0 Å². The summed E-state index contributed by atoms with van der Waals surface area (Å²) in [6.07, 6.45) is 19.8. The molecule has 1 heteroatoms. The van der Waals surface area contributed by atoms with Crippen LogP contribution in [0.15, 0.2) is 0 Å². The van der Waals surface area contributed by atoms with Crippen LogP contribution in [-0.2, 0) is 0 Å². The fourth-order valence-corrected chi connectivity index (χ4v) is 3.76. The van der Waals surface area contributed by atoms with Crippen molar-refractivity contribution in [2.75, 3.05) is 19.6 Å². The molecule has 0 rings (SSSR count). The van der Waals surface area contributed by atoms with E-state index in [2.05, 4.69) is 39.5 Å². The van der Waals surface area contributed by atoms with Crippen molar-refractivity contribution in [2.45, 2.75) is 125 Å². The summed E-state index contributed by atoms with van der Waals surface area (Å²) in [5.41, 5.74) is 0. The first-order chi connectivity index (χ1) is 12.1. The summed E-state index contributed by atoms with van der Waals surface area (Å²) in [4.78, 5) is 2.82. The lowest BCUT2D eigenvalue weighted by Crippen LogP contribution is -2.31. The fraction of sp³-hybridized carbons (Fsp3) is 1.00. The van der Waals surface area contributed by atoms with Crippen molar-refractivity contribution in [2.24, 2.45) is 11.8 Å². The molecular formula is C24H51N. The highest BCUT2D eigenvalue weighted by Crippen LogP contribution is 2.16. The van der Waals surface area contributed by atoms with Gasteiger partial charge in [0.05, 0.1) is 0 Å². The minimum Gasteiger partial charge on any atom is -0.303 e. The number of unbranched alkanes of at least 4 members (excludes halogenated alkanes) is 8. The molecule has 0 spiro atoms. The molecule has 0 aliphatic rings. The van der Waals surface area contributed by atoms with Crippen LogP contribution in [-0.4, -0.2) is 24.5 Å². The van der Waals surface area contributed by atoms with E-state index in [-0.39, 0.29) is 0 Å². The van der Waals surface area contributed by atoms with Crippen LogP contribution in [0, 0.1) is 11.8 Å². The van der Waals surface area contributed by atoms with E-state index in [0.29, 0.717) is 0 Å². The molecule has 0 fully saturated rings. The molecule has 0 heterocycles. The zero-order valence-electron chi connectivity index (χ0n) is 18.6. The van der Waals surface area contributed by atoms with Crippen molar-refractivity contribution in [1.82, 2.24) is 4.90 Å². The lowest BCUT2D eigenvalue weighted by atomic mass is 9.98. The molecule has 0 radical (unpaired) electrons. The van der Waals surface area contributed by atoms with Gasteiger partial charge in [-0.25, -0.2) is 0 Å². The summed E-state index contributed by atoms with van der Waals surface area (Å²) in [6.45, 7) is 15.8. The smallest absolute Gasteiger partial charge is 0.000955 e. The van der Waals surface area contributed by atoms with E-state index in [1.165, 1.54) is 110 Å². The average Bonchev–Trinajstić information content (AvgIpc) is 2.60. The molecule has 0 saturated carbocycles. The predicted molar refractivity (Wildman–Crippen MR) is 116 cm³/mol. The normalized spacial score (nSPS) is 13.1. The molecule has 0 amide bonds. The van der Waals surface area contributed by atoms with Crippen molar-refractivity contribution in [1.29, 1.82) is 0 Å². The Kier molecular flexibility index (Phi) is 18.7. The van der Waals surface area contributed by atoms with Crippen LogP contribution in [0.1, 0.15) is 125 Å². The number of rotatable bonds is 19. The second-order valence-corrected chi connectivity index (χ2v) is 8.73. The molecule has 0 aromatic heterocycles. The van der Waals surface area contributed by atoms with Gasteiger partial charge in [-0.3, -0.25) is 0 Å². The zero-order valence-corrected chi connectivity index (χ0v) is 18.6. The first kappa shape index (κ1) is 25.0. The second kappa shape index (κ2) is 18.7. The standard InChI is InChI=1S/C24H51N/c1-6-9-11-12-13-16-20-25(21-17-14-15-18-23(4)5)22-24(8-3)19-10-7-2/h23-24H,6-22H2,1-5H3. The van der Waals surface area contributed by atoms with Crippen molar-refractivity contribution in [3.05, 3.63) is 0 Å². The van der Waals surface area contributed by atoms with Gasteiger partial charge in [0, 0.05) is 6.54 Å². The second-order valence-electron chi connectivity index (χ2n) is 8.73. The van der Waals surface area contributed by atoms with E-state index < -0.39 is 0 Å². The van der Waals surface area contributed by atoms with E-state index in [0.717, 1.165) is 11.8 Å². The average molecular weight is 354 g/mol. The van der Waals surface area contributed by atoms with Gasteiger partial charge in [-0.05, 0) is 44.2 Å². The summed E-state index contributed by atoms with van der Waals surface area (Å²) in [6, 6.07) is 0. The van der Waals surface area contributed by atoms with Gasteiger partial charge in [0.1, 0.15) is 0 Å². The Morgan fingerprint density at radius 2 is 1.16 bits per heavy atom. The summed E-state index contributed by atoms with van der Waals surface area (Å²) in [5, 5.41) is 0. The van der Waals surface area contributed by atoms with Crippen molar-refractivity contribution >= 4 is 0 Å². The molecule has 0 N–H and O–H groups in total. The highest BCUT2D eigenvalue weighted by atomic mass is 15.1. The SMILES string of the molecule is CCCCCCCCN(CCCCCC(C)C)CC(CC)CCCC. The fourth-order valence-electron chi connectivity index (χ4n) is 3.76. The Morgan fingerprint density at radius 3 is 1.72 bits per heavy atom. The Labute approximate surface area is 161 Å². The molecule has 1 unspecified atom stereocenters. The van der Waals surface area contributed by atoms with Crippen LogP contribution < -0.4 is 0 Å². The first-order valence-electron chi connectivity index (χ1n) is 11.9. The van der Waals surface area contributed by atoms with Gasteiger partial charge in [0.2, 0.25) is 0 Å². The van der Waals surface area contributed by atoms with E-state index in [4.69, 9.17) is 0 Å². The molecule has 0 aliphatic heterocycles. The van der Waals surface area contributed by atoms with Crippen LogP contribution in [0.25, 0.3) is 0 Å². The zero-order chi connectivity index (χ0) is 18.8. The summed E-state index contributed by atoms with van der Waals surface area (Å²) in [5.74, 6) is 1.80. The molecule has 25 heavy (non-hydrogen) atoms. The molecule has 0 aromatic carbocycles.